The molecule has 0 amide bonds. The first-order valence-corrected chi connectivity index (χ1v) is 5.55. The molecule has 2 nitrogen and oxygen atoms in total. The van der Waals surface area contributed by atoms with Gasteiger partial charge in [0.15, 0.2) is 0 Å². The van der Waals surface area contributed by atoms with Crippen LogP contribution in [0.4, 0.5) is 5.69 Å². The first kappa shape index (κ1) is 11.5. The van der Waals surface area contributed by atoms with Gasteiger partial charge in [0.25, 0.3) is 0 Å². The van der Waals surface area contributed by atoms with E-state index in [-0.39, 0.29) is 0 Å². The van der Waals surface area contributed by atoms with Crippen molar-refractivity contribution in [1.82, 2.24) is 0 Å². The van der Waals surface area contributed by atoms with Gasteiger partial charge in [-0.3, -0.25) is 0 Å². The second kappa shape index (κ2) is 5.90. The van der Waals surface area contributed by atoms with Crippen LogP contribution in [0.25, 0.3) is 6.08 Å². The summed E-state index contributed by atoms with van der Waals surface area (Å²) < 4.78 is 1.26. The van der Waals surface area contributed by atoms with Gasteiger partial charge in [-0.2, -0.15) is 4.53 Å². The number of rotatable bonds is 3. The van der Waals surface area contributed by atoms with Gasteiger partial charge >= 0.3 is 0 Å². The van der Waals surface area contributed by atoms with Gasteiger partial charge in [-0.1, -0.05) is 48.5 Å². The van der Waals surface area contributed by atoms with E-state index in [1.165, 1.54) is 4.53 Å². The van der Waals surface area contributed by atoms with Crippen molar-refractivity contribution < 1.29 is 0 Å². The SMILES string of the molecule is ClN(N=C=Cc1ccccc1)c1ccccc1. The Morgan fingerprint density at radius 1 is 0.941 bits per heavy atom. The first-order valence-electron chi connectivity index (χ1n) is 5.21. The third kappa shape index (κ3) is 3.49. The molecule has 0 N–H and O–H groups in total. The van der Waals surface area contributed by atoms with E-state index in [0.29, 0.717) is 0 Å². The molecule has 0 fully saturated rings. The lowest BCUT2D eigenvalue weighted by Gasteiger charge is -2.05. The van der Waals surface area contributed by atoms with Crippen molar-refractivity contribution in [3.8, 4) is 0 Å². The molecule has 0 saturated heterocycles. The minimum absolute atomic E-state index is 0.808. The van der Waals surface area contributed by atoms with E-state index in [9.17, 15) is 0 Å². The molecule has 2 aromatic rings. The second-order valence-corrected chi connectivity index (χ2v) is 3.70. The van der Waals surface area contributed by atoms with Gasteiger partial charge in [0.1, 0.15) is 0 Å². The summed E-state index contributed by atoms with van der Waals surface area (Å²) in [6.45, 7) is 0. The molecule has 0 aliphatic heterocycles. The second-order valence-electron chi connectivity index (χ2n) is 3.38. The molecule has 0 aliphatic rings. The fraction of sp³-hybridized carbons (Fsp3) is 0. The Kier molecular flexibility index (Phi) is 3.98. The van der Waals surface area contributed by atoms with E-state index in [2.05, 4.69) is 11.0 Å². The van der Waals surface area contributed by atoms with Gasteiger partial charge in [-0.15, -0.1) is 5.10 Å². The Balaban J connectivity index is 2.09. The molecule has 3 heteroatoms. The molecule has 0 bridgehead atoms. The van der Waals surface area contributed by atoms with Gasteiger partial charge in [-0.25, -0.2) is 0 Å². The summed E-state index contributed by atoms with van der Waals surface area (Å²) >= 11 is 5.96. The molecular formula is C14H11ClN2. The molecule has 0 atom stereocenters. The Morgan fingerprint density at radius 3 is 2.18 bits per heavy atom. The zero-order valence-electron chi connectivity index (χ0n) is 9.12. The maximum atomic E-state index is 5.96. The average Bonchev–Trinajstić information content (AvgIpc) is 2.41. The maximum absolute atomic E-state index is 5.96. The van der Waals surface area contributed by atoms with Crippen LogP contribution in [0.1, 0.15) is 5.56 Å². The van der Waals surface area contributed by atoms with Crippen LogP contribution < -0.4 is 4.53 Å². The van der Waals surface area contributed by atoms with Crippen molar-refractivity contribution in [1.29, 1.82) is 0 Å². The summed E-state index contributed by atoms with van der Waals surface area (Å²) in [5.74, 6) is 2.79. The van der Waals surface area contributed by atoms with E-state index in [0.717, 1.165) is 11.3 Å². The van der Waals surface area contributed by atoms with Gasteiger partial charge in [0.2, 0.25) is 0 Å². The van der Waals surface area contributed by atoms with Crippen LogP contribution >= 0.6 is 11.8 Å². The van der Waals surface area contributed by atoms with Crippen LogP contribution in [0.2, 0.25) is 0 Å². The number of hydrazone groups is 1. The summed E-state index contributed by atoms with van der Waals surface area (Å²) in [5.41, 5.74) is 1.84. The highest BCUT2D eigenvalue weighted by molar-refractivity contribution is 6.25. The van der Waals surface area contributed by atoms with E-state index in [1.54, 1.807) is 6.08 Å². The largest absolute Gasteiger partial charge is 0.165 e. The van der Waals surface area contributed by atoms with Crippen LogP contribution in [0.3, 0.4) is 0 Å². The number of halogens is 1. The number of nitrogens with zero attached hydrogens (tertiary/aromatic N) is 2. The van der Waals surface area contributed by atoms with Crippen LogP contribution in [0, 0.1) is 0 Å². The minimum Gasteiger partial charge on any atom is -0.165 e. The summed E-state index contributed by atoms with van der Waals surface area (Å²) in [7, 11) is 0. The highest BCUT2D eigenvalue weighted by Crippen LogP contribution is 2.14. The third-order valence-electron chi connectivity index (χ3n) is 2.15. The van der Waals surface area contributed by atoms with Crippen molar-refractivity contribution in [3.05, 3.63) is 66.2 Å². The highest BCUT2D eigenvalue weighted by Gasteiger charge is 1.96. The number of hydrogen-bond acceptors (Lipinski definition) is 2. The summed E-state index contributed by atoms with van der Waals surface area (Å²) in [6.07, 6.45) is 1.78. The smallest absolute Gasteiger partial charge is 0.0790 e. The Hall–Kier alpha value is -2.02. The van der Waals surface area contributed by atoms with E-state index < -0.39 is 0 Å². The van der Waals surface area contributed by atoms with E-state index in [1.807, 2.05) is 60.7 Å². The molecule has 84 valence electrons. The molecule has 0 heterocycles. The van der Waals surface area contributed by atoms with E-state index >= 15 is 0 Å². The first-order chi connectivity index (χ1) is 8.36. The molecule has 0 radical (unpaired) electrons. The Bertz CT molecular complexity index is 516. The molecule has 0 unspecified atom stereocenters. The lowest BCUT2D eigenvalue weighted by Crippen LogP contribution is -1.98. The number of benzene rings is 2. The molecule has 0 aliphatic carbocycles. The van der Waals surface area contributed by atoms with Crippen molar-refractivity contribution in [2.75, 3.05) is 4.53 Å². The van der Waals surface area contributed by atoms with Crippen molar-refractivity contribution in [2.24, 2.45) is 5.10 Å². The predicted molar refractivity (Wildman–Crippen MR) is 73.1 cm³/mol. The summed E-state index contributed by atoms with van der Waals surface area (Å²) in [4.78, 5) is 0. The number of hydrogen-bond donors (Lipinski definition) is 0. The van der Waals surface area contributed by atoms with Crippen LogP contribution in [-0.4, -0.2) is 5.87 Å². The van der Waals surface area contributed by atoms with Gasteiger partial charge in [0.05, 0.1) is 5.69 Å². The molecule has 0 aromatic heterocycles. The Morgan fingerprint density at radius 2 is 1.53 bits per heavy atom. The third-order valence-corrected chi connectivity index (χ3v) is 2.42. The molecule has 0 saturated carbocycles. The molecule has 2 rings (SSSR count). The minimum atomic E-state index is 0.808. The summed E-state index contributed by atoms with van der Waals surface area (Å²) in [6, 6.07) is 19.3. The normalized spacial score (nSPS) is 9.24. The van der Waals surface area contributed by atoms with Crippen molar-refractivity contribution in [2.45, 2.75) is 0 Å². The fourth-order valence-corrected chi connectivity index (χ4v) is 1.47. The standard InChI is InChI=1S/C14H11ClN2/c15-17(14-9-5-2-6-10-14)16-12-11-13-7-3-1-4-8-13/h1-11H. The summed E-state index contributed by atoms with van der Waals surface area (Å²) in [5, 5.41) is 3.98. The molecule has 2 aromatic carbocycles. The van der Waals surface area contributed by atoms with Crippen molar-refractivity contribution in [3.63, 3.8) is 0 Å². The van der Waals surface area contributed by atoms with Gasteiger partial charge in [-0.05, 0) is 17.7 Å². The predicted octanol–water partition coefficient (Wildman–Crippen LogP) is 3.94. The Labute approximate surface area is 106 Å². The van der Waals surface area contributed by atoms with Gasteiger partial charge < -0.3 is 0 Å². The number of anilines is 1. The molecule has 17 heavy (non-hydrogen) atoms. The lowest BCUT2D eigenvalue weighted by molar-refractivity contribution is 1.20. The highest BCUT2D eigenvalue weighted by atomic mass is 35.5. The van der Waals surface area contributed by atoms with Gasteiger partial charge in [0, 0.05) is 23.7 Å². The maximum Gasteiger partial charge on any atom is 0.0790 e. The number of para-hydroxylation sites is 1. The zero-order chi connectivity index (χ0) is 11.9. The van der Waals surface area contributed by atoms with E-state index in [4.69, 9.17) is 11.8 Å². The monoisotopic (exact) mass is 242 g/mol. The van der Waals surface area contributed by atoms with Crippen LogP contribution in [-0.2, 0) is 0 Å². The molecular weight excluding hydrogens is 232 g/mol. The zero-order valence-corrected chi connectivity index (χ0v) is 9.88. The van der Waals surface area contributed by atoms with Crippen LogP contribution in [0.5, 0.6) is 0 Å². The van der Waals surface area contributed by atoms with Crippen LogP contribution in [0.15, 0.2) is 65.8 Å². The topological polar surface area (TPSA) is 15.6 Å². The molecule has 0 spiro atoms. The fourth-order valence-electron chi connectivity index (χ4n) is 1.31. The quantitative estimate of drug-likeness (QED) is 0.452. The average molecular weight is 243 g/mol. The lowest BCUT2D eigenvalue weighted by atomic mass is 10.2. The van der Waals surface area contributed by atoms with Crippen molar-refractivity contribution >= 4 is 29.4 Å².